The molecule has 0 unspecified atom stereocenters. The van der Waals surface area contributed by atoms with Crippen molar-refractivity contribution in [3.8, 4) is 0 Å². The lowest BCUT2D eigenvalue weighted by molar-refractivity contribution is 0.0766. The van der Waals surface area contributed by atoms with Crippen molar-refractivity contribution < 1.29 is 9.59 Å². The first kappa shape index (κ1) is 10.9. The third kappa shape index (κ3) is 1.64. The average Bonchev–Trinajstić information content (AvgIpc) is 2.43. The van der Waals surface area contributed by atoms with E-state index in [9.17, 15) is 9.59 Å². The lowest BCUT2D eigenvalue weighted by atomic mass is 9.99. The number of fused-ring (bicyclic) bond motifs is 1. The average molecular weight is 213 g/mol. The van der Waals surface area contributed by atoms with Gasteiger partial charge in [-0.05, 0) is 30.0 Å². The number of hydrogen-bond acceptors (Lipinski definition) is 2. The highest BCUT2D eigenvalue weighted by molar-refractivity contribution is 6.36. The van der Waals surface area contributed by atoms with Gasteiger partial charge < -0.3 is 4.81 Å². The molecule has 16 heavy (non-hydrogen) atoms. The van der Waals surface area contributed by atoms with Gasteiger partial charge in [0.15, 0.2) is 0 Å². The Kier molecular flexibility index (Phi) is 2.58. The third-order valence-electron chi connectivity index (χ3n) is 2.63. The van der Waals surface area contributed by atoms with Crippen molar-refractivity contribution in [1.29, 1.82) is 0 Å². The summed E-state index contributed by atoms with van der Waals surface area (Å²) in [6.07, 6.45) is 0.888. The molecule has 0 spiro atoms. The molecule has 3 nitrogen and oxygen atoms in total. The molecule has 1 aliphatic rings. The summed E-state index contributed by atoms with van der Waals surface area (Å²) in [4.78, 5) is 23.8. The van der Waals surface area contributed by atoms with Gasteiger partial charge in [0.05, 0.1) is 11.1 Å². The second kappa shape index (κ2) is 3.78. The van der Waals surface area contributed by atoms with Gasteiger partial charge in [-0.1, -0.05) is 19.9 Å². The van der Waals surface area contributed by atoms with E-state index in [0.717, 1.165) is 12.0 Å². The van der Waals surface area contributed by atoms with Gasteiger partial charge in [-0.3, -0.25) is 9.59 Å². The molecular formula is C12H12BNO2. The first-order valence-electron chi connectivity index (χ1n) is 5.27. The van der Waals surface area contributed by atoms with Crippen molar-refractivity contribution in [2.24, 2.45) is 5.92 Å². The smallest absolute Gasteiger partial charge is 0.248 e. The van der Waals surface area contributed by atoms with Crippen molar-refractivity contribution in [3.63, 3.8) is 0 Å². The molecule has 0 atom stereocenters. The quantitative estimate of drug-likeness (QED) is 0.552. The molecule has 2 radical (unpaired) electrons. The largest absolute Gasteiger partial charge is 0.332 e. The highest BCUT2D eigenvalue weighted by Crippen LogP contribution is 2.23. The molecule has 0 aliphatic carbocycles. The Morgan fingerprint density at radius 1 is 1.19 bits per heavy atom. The van der Waals surface area contributed by atoms with E-state index in [1.165, 1.54) is 0 Å². The van der Waals surface area contributed by atoms with E-state index in [4.69, 9.17) is 7.98 Å². The van der Waals surface area contributed by atoms with E-state index < -0.39 is 11.8 Å². The number of hydrogen-bond donors (Lipinski definition) is 0. The molecule has 4 heteroatoms. The summed E-state index contributed by atoms with van der Waals surface area (Å²) in [5.41, 5.74) is 1.89. The maximum atomic E-state index is 11.6. The van der Waals surface area contributed by atoms with E-state index in [1.807, 2.05) is 6.07 Å². The fourth-order valence-electron chi connectivity index (χ4n) is 1.90. The van der Waals surface area contributed by atoms with Gasteiger partial charge in [-0.15, -0.1) is 0 Å². The number of carbonyl (C=O) groups is 2. The molecule has 80 valence electrons. The monoisotopic (exact) mass is 213 g/mol. The summed E-state index contributed by atoms with van der Waals surface area (Å²) < 4.78 is 0. The molecule has 2 rings (SSSR count). The minimum absolute atomic E-state index is 0.403. The molecule has 0 saturated heterocycles. The lowest BCUT2D eigenvalue weighted by Crippen LogP contribution is -2.26. The molecule has 1 aromatic rings. The molecule has 0 bridgehead atoms. The number of carbonyl (C=O) groups excluding carboxylic acids is 2. The second-order valence-corrected chi connectivity index (χ2v) is 4.46. The van der Waals surface area contributed by atoms with Gasteiger partial charge in [0.25, 0.3) is 0 Å². The highest BCUT2D eigenvalue weighted by atomic mass is 16.2. The molecule has 0 N–H and O–H groups in total. The SMILES string of the molecule is [B]N1C(=O)c2ccc(CC(C)C)cc2C1=O. The Labute approximate surface area is 95.9 Å². The fraction of sp³-hybridized carbons (Fsp3) is 0.333. The van der Waals surface area contributed by atoms with Gasteiger partial charge in [0, 0.05) is 0 Å². The normalized spacial score (nSPS) is 14.8. The van der Waals surface area contributed by atoms with Crippen molar-refractivity contribution in [2.75, 3.05) is 0 Å². The topological polar surface area (TPSA) is 37.4 Å². The van der Waals surface area contributed by atoms with Crippen LogP contribution in [-0.4, -0.2) is 24.6 Å². The number of benzene rings is 1. The van der Waals surface area contributed by atoms with E-state index in [2.05, 4.69) is 13.8 Å². The summed E-state index contributed by atoms with van der Waals surface area (Å²) in [5, 5.41) is 0. The van der Waals surface area contributed by atoms with Gasteiger partial charge in [0.1, 0.15) is 0 Å². The van der Waals surface area contributed by atoms with Crippen LogP contribution in [-0.2, 0) is 6.42 Å². The molecule has 1 aliphatic heterocycles. The van der Waals surface area contributed by atoms with Crippen LogP contribution in [0, 0.1) is 5.92 Å². The van der Waals surface area contributed by atoms with Gasteiger partial charge >= 0.3 is 0 Å². The maximum Gasteiger partial charge on any atom is 0.248 e. The summed E-state index contributed by atoms with van der Waals surface area (Å²) in [7, 11) is 5.36. The Bertz CT molecular complexity index is 468. The second-order valence-electron chi connectivity index (χ2n) is 4.46. The van der Waals surface area contributed by atoms with Gasteiger partial charge in [0.2, 0.25) is 19.8 Å². The molecule has 0 saturated carbocycles. The third-order valence-corrected chi connectivity index (χ3v) is 2.63. The van der Waals surface area contributed by atoms with Crippen LogP contribution < -0.4 is 0 Å². The van der Waals surface area contributed by atoms with Crippen molar-refractivity contribution >= 4 is 19.8 Å². The maximum absolute atomic E-state index is 11.6. The van der Waals surface area contributed by atoms with Crippen LogP contribution in [0.1, 0.15) is 40.1 Å². The van der Waals surface area contributed by atoms with Crippen LogP contribution in [0.4, 0.5) is 0 Å². The van der Waals surface area contributed by atoms with Crippen LogP contribution >= 0.6 is 0 Å². The van der Waals surface area contributed by atoms with Crippen molar-refractivity contribution in [3.05, 3.63) is 34.9 Å². The Hall–Kier alpha value is -1.58. The fourth-order valence-corrected chi connectivity index (χ4v) is 1.90. The van der Waals surface area contributed by atoms with E-state index in [1.54, 1.807) is 12.1 Å². The van der Waals surface area contributed by atoms with Crippen LogP contribution in [0.25, 0.3) is 0 Å². The summed E-state index contributed by atoms with van der Waals surface area (Å²) >= 11 is 0. The minimum atomic E-state index is -0.420. The van der Waals surface area contributed by atoms with Gasteiger partial charge in [-0.2, -0.15) is 0 Å². The first-order chi connectivity index (χ1) is 7.50. The molecule has 0 fully saturated rings. The predicted octanol–water partition coefficient (Wildman–Crippen LogP) is 1.56. The first-order valence-corrected chi connectivity index (χ1v) is 5.27. The number of nitrogens with zero attached hydrogens (tertiary/aromatic N) is 1. The zero-order valence-corrected chi connectivity index (χ0v) is 9.36. The lowest BCUT2D eigenvalue weighted by Gasteiger charge is -2.05. The van der Waals surface area contributed by atoms with Crippen molar-refractivity contribution in [2.45, 2.75) is 20.3 Å². The number of amides is 2. The molecule has 1 heterocycles. The molecule has 0 aromatic heterocycles. The summed E-state index contributed by atoms with van der Waals surface area (Å²) in [6, 6.07) is 5.33. The summed E-state index contributed by atoms with van der Waals surface area (Å²) in [5.74, 6) is -0.319. The molecule has 2 amide bonds. The Morgan fingerprint density at radius 2 is 1.81 bits per heavy atom. The van der Waals surface area contributed by atoms with Crippen LogP contribution in [0.15, 0.2) is 18.2 Å². The molecule has 1 aromatic carbocycles. The minimum Gasteiger partial charge on any atom is -0.332 e. The Balaban J connectivity index is 2.41. The molecular weight excluding hydrogens is 201 g/mol. The number of imide groups is 1. The number of rotatable bonds is 2. The zero-order chi connectivity index (χ0) is 11.9. The van der Waals surface area contributed by atoms with E-state index in [-0.39, 0.29) is 0 Å². The predicted molar refractivity (Wildman–Crippen MR) is 61.2 cm³/mol. The highest BCUT2D eigenvalue weighted by Gasteiger charge is 2.31. The summed E-state index contributed by atoms with van der Waals surface area (Å²) in [6.45, 7) is 4.21. The van der Waals surface area contributed by atoms with Crippen LogP contribution in [0.2, 0.25) is 0 Å². The standard InChI is InChI=1S/C12H12BNO2/c1-7(2)5-8-3-4-9-10(6-8)12(16)14(13)11(9)15/h3-4,6-7H,5H2,1-2H3. The van der Waals surface area contributed by atoms with Crippen LogP contribution in [0.5, 0.6) is 0 Å². The zero-order valence-electron chi connectivity index (χ0n) is 9.36. The van der Waals surface area contributed by atoms with E-state index >= 15 is 0 Å². The van der Waals surface area contributed by atoms with E-state index in [0.29, 0.717) is 21.9 Å². The Morgan fingerprint density at radius 3 is 2.44 bits per heavy atom. The van der Waals surface area contributed by atoms with Gasteiger partial charge in [-0.25, -0.2) is 0 Å². The van der Waals surface area contributed by atoms with Crippen LogP contribution in [0.3, 0.4) is 0 Å². The van der Waals surface area contributed by atoms with Crippen molar-refractivity contribution in [1.82, 2.24) is 4.81 Å².